The number of aryl methyl sites for hydroxylation is 1. The van der Waals surface area contributed by atoms with Gasteiger partial charge in [-0.2, -0.15) is 0 Å². The lowest BCUT2D eigenvalue weighted by molar-refractivity contribution is 0.0780. The molecule has 1 aliphatic rings. The molecule has 1 aliphatic heterocycles. The number of amides is 1. The number of morpholine rings is 1. The minimum atomic E-state index is 0.0435. The van der Waals surface area contributed by atoms with Crippen LogP contribution in [0.3, 0.4) is 0 Å². The average molecular weight is 433 g/mol. The van der Waals surface area contributed by atoms with Crippen LogP contribution in [0, 0.1) is 12.8 Å². The van der Waals surface area contributed by atoms with Gasteiger partial charge >= 0.3 is 0 Å². The van der Waals surface area contributed by atoms with E-state index in [-0.39, 0.29) is 5.91 Å². The maximum absolute atomic E-state index is 13.3. The van der Waals surface area contributed by atoms with Gasteiger partial charge in [0.25, 0.3) is 5.91 Å². The SMILES string of the molecule is Cc1cccc(C(=O)N(C)CC(C)C)c1-c1ccc2nc(N)c(N3CCOCC3)cc2c1. The van der Waals surface area contributed by atoms with Crippen molar-refractivity contribution in [2.24, 2.45) is 5.92 Å². The highest BCUT2D eigenvalue weighted by molar-refractivity contribution is 6.02. The average Bonchev–Trinajstić information content (AvgIpc) is 2.78. The van der Waals surface area contributed by atoms with Crippen molar-refractivity contribution in [2.75, 3.05) is 50.5 Å². The molecule has 2 aromatic carbocycles. The van der Waals surface area contributed by atoms with Gasteiger partial charge < -0.3 is 20.3 Å². The Labute approximate surface area is 190 Å². The van der Waals surface area contributed by atoms with Gasteiger partial charge in [0, 0.05) is 37.6 Å². The van der Waals surface area contributed by atoms with Crippen molar-refractivity contribution >= 4 is 28.3 Å². The molecule has 0 unspecified atom stereocenters. The standard InChI is InChI=1S/C26H32N4O2/c1-17(2)16-29(4)26(31)21-7-5-6-18(3)24(21)19-8-9-22-20(14-19)15-23(25(27)28-22)30-10-12-32-13-11-30/h5-9,14-15,17H,10-13,16H2,1-4H3,(H2,27,28). The van der Waals surface area contributed by atoms with E-state index in [1.165, 1.54) is 0 Å². The maximum Gasteiger partial charge on any atom is 0.254 e. The summed E-state index contributed by atoms with van der Waals surface area (Å²) >= 11 is 0. The van der Waals surface area contributed by atoms with Gasteiger partial charge in [-0.1, -0.05) is 32.0 Å². The fraction of sp³-hybridized carbons (Fsp3) is 0.385. The second-order valence-corrected chi connectivity index (χ2v) is 8.98. The molecule has 6 heteroatoms. The van der Waals surface area contributed by atoms with Gasteiger partial charge in [0.15, 0.2) is 0 Å². The van der Waals surface area contributed by atoms with E-state index in [2.05, 4.69) is 48.9 Å². The Bertz CT molecular complexity index is 1140. The van der Waals surface area contributed by atoms with Crippen LogP contribution in [0.2, 0.25) is 0 Å². The number of benzene rings is 2. The number of hydrogen-bond acceptors (Lipinski definition) is 5. The summed E-state index contributed by atoms with van der Waals surface area (Å²) in [6.45, 7) is 10.00. The molecule has 6 nitrogen and oxygen atoms in total. The van der Waals surface area contributed by atoms with Crippen molar-refractivity contribution in [2.45, 2.75) is 20.8 Å². The number of nitrogens with two attached hydrogens (primary N) is 1. The van der Waals surface area contributed by atoms with Crippen molar-refractivity contribution in [1.82, 2.24) is 9.88 Å². The van der Waals surface area contributed by atoms with Crippen molar-refractivity contribution in [1.29, 1.82) is 0 Å². The Morgan fingerprint density at radius 3 is 2.66 bits per heavy atom. The number of carbonyl (C=O) groups excluding carboxylic acids is 1. The molecule has 3 aromatic rings. The van der Waals surface area contributed by atoms with Crippen molar-refractivity contribution in [3.05, 3.63) is 53.6 Å². The number of nitrogen functional groups attached to an aromatic ring is 1. The molecule has 0 bridgehead atoms. The third-order valence-electron chi connectivity index (χ3n) is 5.95. The number of carbonyl (C=O) groups is 1. The number of ether oxygens (including phenoxy) is 1. The van der Waals surface area contributed by atoms with E-state index < -0.39 is 0 Å². The lowest BCUT2D eigenvalue weighted by atomic mass is 9.93. The number of pyridine rings is 1. The minimum Gasteiger partial charge on any atom is -0.382 e. The van der Waals surface area contributed by atoms with Crippen molar-refractivity contribution in [3.63, 3.8) is 0 Å². The van der Waals surface area contributed by atoms with Crippen LogP contribution in [0.5, 0.6) is 0 Å². The third kappa shape index (κ3) is 4.41. The Hall–Kier alpha value is -3.12. The molecule has 0 saturated carbocycles. The zero-order chi connectivity index (χ0) is 22.8. The zero-order valence-electron chi connectivity index (χ0n) is 19.4. The Balaban J connectivity index is 1.78. The monoisotopic (exact) mass is 432 g/mol. The number of rotatable bonds is 5. The summed E-state index contributed by atoms with van der Waals surface area (Å²) in [7, 11) is 1.87. The van der Waals surface area contributed by atoms with E-state index >= 15 is 0 Å². The number of hydrogen-bond donors (Lipinski definition) is 1. The Morgan fingerprint density at radius 1 is 1.19 bits per heavy atom. The van der Waals surface area contributed by atoms with Gasteiger partial charge in [0.2, 0.25) is 0 Å². The van der Waals surface area contributed by atoms with E-state index in [1.54, 1.807) is 0 Å². The molecule has 168 valence electrons. The molecule has 1 aromatic heterocycles. The van der Waals surface area contributed by atoms with E-state index in [0.29, 0.717) is 24.9 Å². The molecular weight excluding hydrogens is 400 g/mol. The molecule has 0 radical (unpaired) electrons. The van der Waals surface area contributed by atoms with Crippen LogP contribution in [0.25, 0.3) is 22.0 Å². The van der Waals surface area contributed by atoms with Crippen LogP contribution in [0.15, 0.2) is 42.5 Å². The van der Waals surface area contributed by atoms with Crippen molar-refractivity contribution in [3.8, 4) is 11.1 Å². The van der Waals surface area contributed by atoms with Gasteiger partial charge in [0.1, 0.15) is 5.82 Å². The van der Waals surface area contributed by atoms with Gasteiger partial charge in [-0.25, -0.2) is 4.98 Å². The predicted molar refractivity (Wildman–Crippen MR) is 131 cm³/mol. The molecule has 32 heavy (non-hydrogen) atoms. The molecule has 0 atom stereocenters. The van der Waals surface area contributed by atoms with E-state index in [9.17, 15) is 4.79 Å². The zero-order valence-corrected chi connectivity index (χ0v) is 19.4. The normalized spacial score (nSPS) is 14.2. The van der Waals surface area contributed by atoms with Gasteiger partial charge in [0.05, 0.1) is 24.4 Å². The summed E-state index contributed by atoms with van der Waals surface area (Å²) in [5, 5.41) is 1.01. The lowest BCUT2D eigenvalue weighted by Crippen LogP contribution is -2.36. The second-order valence-electron chi connectivity index (χ2n) is 8.98. The quantitative estimate of drug-likeness (QED) is 0.649. The van der Waals surface area contributed by atoms with Crippen LogP contribution in [0.4, 0.5) is 11.5 Å². The van der Waals surface area contributed by atoms with E-state index in [4.69, 9.17) is 10.5 Å². The summed E-state index contributed by atoms with van der Waals surface area (Å²) in [5.74, 6) is 0.990. The first-order valence-corrected chi connectivity index (χ1v) is 11.2. The van der Waals surface area contributed by atoms with Crippen LogP contribution >= 0.6 is 0 Å². The summed E-state index contributed by atoms with van der Waals surface area (Å²) in [6.07, 6.45) is 0. The first-order valence-electron chi connectivity index (χ1n) is 11.2. The van der Waals surface area contributed by atoms with E-state index in [1.807, 2.05) is 36.2 Å². The molecule has 0 spiro atoms. The predicted octanol–water partition coefficient (Wildman–Crippen LogP) is 4.36. The fourth-order valence-corrected chi connectivity index (χ4v) is 4.46. The molecule has 0 aliphatic carbocycles. The minimum absolute atomic E-state index is 0.0435. The summed E-state index contributed by atoms with van der Waals surface area (Å²) < 4.78 is 5.48. The van der Waals surface area contributed by atoms with Gasteiger partial charge in [-0.3, -0.25) is 4.79 Å². The van der Waals surface area contributed by atoms with Crippen LogP contribution < -0.4 is 10.6 Å². The van der Waals surface area contributed by atoms with E-state index in [0.717, 1.165) is 58.5 Å². The van der Waals surface area contributed by atoms with Crippen LogP contribution in [-0.4, -0.2) is 55.7 Å². The summed E-state index contributed by atoms with van der Waals surface area (Å²) in [5.41, 5.74) is 11.9. The fourth-order valence-electron chi connectivity index (χ4n) is 4.46. The van der Waals surface area contributed by atoms with Crippen LogP contribution in [-0.2, 0) is 4.74 Å². The second kappa shape index (κ2) is 9.17. The van der Waals surface area contributed by atoms with Crippen molar-refractivity contribution < 1.29 is 9.53 Å². The first kappa shape index (κ1) is 22.1. The summed E-state index contributed by atoms with van der Waals surface area (Å²) in [4.78, 5) is 22.0. The largest absolute Gasteiger partial charge is 0.382 e. The molecule has 1 saturated heterocycles. The molecule has 1 amide bonds. The molecule has 2 N–H and O–H groups in total. The number of fused-ring (bicyclic) bond motifs is 1. The molecule has 4 rings (SSSR count). The maximum atomic E-state index is 13.3. The molecule has 2 heterocycles. The lowest BCUT2D eigenvalue weighted by Gasteiger charge is -2.29. The number of aromatic nitrogens is 1. The third-order valence-corrected chi connectivity index (χ3v) is 5.95. The first-order chi connectivity index (χ1) is 15.3. The number of nitrogens with zero attached hydrogens (tertiary/aromatic N) is 3. The highest BCUT2D eigenvalue weighted by Crippen LogP contribution is 2.33. The molecule has 1 fully saturated rings. The Kier molecular flexibility index (Phi) is 6.33. The number of anilines is 2. The van der Waals surface area contributed by atoms with Gasteiger partial charge in [-0.15, -0.1) is 0 Å². The Morgan fingerprint density at radius 2 is 1.94 bits per heavy atom. The molecular formula is C26H32N4O2. The summed E-state index contributed by atoms with van der Waals surface area (Å²) in [6, 6.07) is 14.2. The highest BCUT2D eigenvalue weighted by Gasteiger charge is 2.20. The van der Waals surface area contributed by atoms with Gasteiger partial charge in [-0.05, 0) is 53.8 Å². The van der Waals surface area contributed by atoms with Crippen LogP contribution in [0.1, 0.15) is 29.8 Å². The smallest absolute Gasteiger partial charge is 0.254 e. The topological polar surface area (TPSA) is 71.7 Å². The highest BCUT2D eigenvalue weighted by atomic mass is 16.5.